The molecule has 4 heterocycles. The van der Waals surface area contributed by atoms with Crippen LogP contribution in [0.25, 0.3) is 60.9 Å². The fourth-order valence-electron chi connectivity index (χ4n) is 5.03. The van der Waals surface area contributed by atoms with Crippen LogP contribution in [0.2, 0.25) is 0 Å². The van der Waals surface area contributed by atoms with Gasteiger partial charge in [0, 0.05) is 21.7 Å². The van der Waals surface area contributed by atoms with Gasteiger partial charge < -0.3 is 9.15 Å². The molecule has 0 spiro atoms. The normalized spacial score (nSPS) is 12.5. The number of furan rings is 1. The zero-order chi connectivity index (χ0) is 21.5. The molecule has 8 rings (SSSR count). The molecule has 0 atom stereocenters. The first-order chi connectivity index (χ1) is 16.3. The van der Waals surface area contributed by atoms with Gasteiger partial charge in [0.25, 0.3) is 0 Å². The van der Waals surface area contributed by atoms with Crippen molar-refractivity contribution in [3.8, 4) is 28.7 Å². The van der Waals surface area contributed by atoms with Crippen LogP contribution in [0.5, 0.6) is 11.5 Å². The van der Waals surface area contributed by atoms with Gasteiger partial charge in [-0.15, -0.1) is 0 Å². The highest BCUT2D eigenvalue weighted by atomic mass is 16.5. The summed E-state index contributed by atoms with van der Waals surface area (Å²) in [6.07, 6.45) is 1.73. The van der Waals surface area contributed by atoms with Gasteiger partial charge >= 0.3 is 0 Å². The van der Waals surface area contributed by atoms with Crippen molar-refractivity contribution in [3.05, 3.63) is 91.2 Å². The van der Waals surface area contributed by atoms with Gasteiger partial charge in [-0.05, 0) is 48.5 Å². The molecule has 0 unspecified atom stereocenters. The highest BCUT2D eigenvalue weighted by Gasteiger charge is 2.24. The van der Waals surface area contributed by atoms with E-state index in [1.807, 2.05) is 48.5 Å². The fourth-order valence-corrected chi connectivity index (χ4v) is 5.03. The van der Waals surface area contributed by atoms with Crippen LogP contribution in [0, 0.1) is 0 Å². The molecular formula is C28H15N3O2. The molecule has 0 fully saturated rings. The topological polar surface area (TPSA) is 53.1 Å². The van der Waals surface area contributed by atoms with Gasteiger partial charge in [0.2, 0.25) is 5.95 Å². The van der Waals surface area contributed by atoms with E-state index in [-0.39, 0.29) is 0 Å². The maximum Gasteiger partial charge on any atom is 0.235 e. The molecule has 5 nitrogen and oxygen atoms in total. The van der Waals surface area contributed by atoms with Crippen molar-refractivity contribution < 1.29 is 9.15 Å². The van der Waals surface area contributed by atoms with Gasteiger partial charge in [-0.2, -0.15) is 0 Å². The molecular weight excluding hydrogens is 410 g/mol. The minimum Gasteiger partial charge on any atom is -0.464 e. The molecule has 7 aromatic rings. The quantitative estimate of drug-likeness (QED) is 0.278. The van der Waals surface area contributed by atoms with E-state index in [4.69, 9.17) is 19.1 Å². The van der Waals surface area contributed by atoms with Crippen LogP contribution in [0.1, 0.15) is 0 Å². The number of para-hydroxylation sites is 2. The number of hydrogen-bond acceptors (Lipinski definition) is 4. The minimum absolute atomic E-state index is 0.639. The lowest BCUT2D eigenvalue weighted by molar-refractivity contribution is 0.486. The first-order valence-corrected chi connectivity index (χ1v) is 10.8. The lowest BCUT2D eigenvalue weighted by Crippen LogP contribution is -2.06. The van der Waals surface area contributed by atoms with Crippen molar-refractivity contribution in [2.45, 2.75) is 0 Å². The van der Waals surface area contributed by atoms with E-state index in [1.165, 1.54) is 0 Å². The van der Waals surface area contributed by atoms with Crippen molar-refractivity contribution >= 4 is 43.7 Å². The Balaban J connectivity index is 1.54. The predicted octanol–water partition coefficient (Wildman–Crippen LogP) is 7.25. The van der Waals surface area contributed by atoms with Crippen molar-refractivity contribution in [1.82, 2.24) is 14.5 Å². The Hall–Kier alpha value is -4.64. The maximum absolute atomic E-state index is 6.16. The molecule has 1 aliphatic heterocycles. The summed E-state index contributed by atoms with van der Waals surface area (Å²) < 4.78 is 14.0. The van der Waals surface area contributed by atoms with E-state index in [9.17, 15) is 0 Å². The highest BCUT2D eigenvalue weighted by molar-refractivity contribution is 6.13. The van der Waals surface area contributed by atoms with Crippen LogP contribution in [0.4, 0.5) is 0 Å². The van der Waals surface area contributed by atoms with Crippen molar-refractivity contribution in [3.63, 3.8) is 0 Å². The molecule has 5 heteroatoms. The third kappa shape index (κ3) is 2.20. The molecule has 1 aliphatic rings. The molecule has 33 heavy (non-hydrogen) atoms. The Labute approximate surface area is 187 Å². The number of nitrogens with zero attached hydrogens (tertiary/aromatic N) is 3. The molecule has 0 bridgehead atoms. The van der Waals surface area contributed by atoms with Crippen LogP contribution in [0.3, 0.4) is 0 Å². The van der Waals surface area contributed by atoms with Crippen molar-refractivity contribution in [1.29, 1.82) is 0 Å². The molecule has 4 aromatic carbocycles. The zero-order valence-electron chi connectivity index (χ0n) is 17.3. The van der Waals surface area contributed by atoms with Crippen LogP contribution < -0.4 is 4.74 Å². The number of rotatable bonds is 1. The Bertz CT molecular complexity index is 1910. The van der Waals surface area contributed by atoms with Crippen molar-refractivity contribution in [2.24, 2.45) is 0 Å². The number of aromatic nitrogens is 3. The highest BCUT2D eigenvalue weighted by Crippen LogP contribution is 2.45. The standard InChI is InChI=1S/C28H15N3O2/c1-3-9-21-17(6-1)19-15-25-16(12-13-32-25)14-22(19)31(21)28-29-20-8-5-11-24-26(20)27(30-28)18-7-2-4-10-23(18)33-24/h1-15H. The van der Waals surface area contributed by atoms with Gasteiger partial charge in [0.1, 0.15) is 17.1 Å². The second-order valence-electron chi connectivity index (χ2n) is 8.30. The summed E-state index contributed by atoms with van der Waals surface area (Å²) >= 11 is 0. The summed E-state index contributed by atoms with van der Waals surface area (Å²) in [7, 11) is 0. The van der Waals surface area contributed by atoms with E-state index in [2.05, 4.69) is 41.0 Å². The predicted molar refractivity (Wildman–Crippen MR) is 129 cm³/mol. The van der Waals surface area contributed by atoms with Crippen LogP contribution in [-0.2, 0) is 0 Å². The third-order valence-corrected chi connectivity index (χ3v) is 6.48. The van der Waals surface area contributed by atoms with Gasteiger partial charge in [0.05, 0.1) is 33.9 Å². The summed E-state index contributed by atoms with van der Waals surface area (Å²) in [5, 5.41) is 4.25. The lowest BCUT2D eigenvalue weighted by Gasteiger charge is -2.20. The van der Waals surface area contributed by atoms with E-state index >= 15 is 0 Å². The second kappa shape index (κ2) is 5.99. The number of fused-ring (bicyclic) bond motifs is 6. The monoisotopic (exact) mass is 425 g/mol. The molecule has 154 valence electrons. The van der Waals surface area contributed by atoms with E-state index in [1.54, 1.807) is 6.26 Å². The van der Waals surface area contributed by atoms with Gasteiger partial charge in [-0.25, -0.2) is 9.97 Å². The molecule has 0 radical (unpaired) electrons. The minimum atomic E-state index is 0.639. The molecule has 0 aliphatic carbocycles. The number of hydrogen-bond donors (Lipinski definition) is 0. The number of benzene rings is 4. The Morgan fingerprint density at radius 3 is 2.58 bits per heavy atom. The van der Waals surface area contributed by atoms with Crippen LogP contribution in [-0.4, -0.2) is 14.5 Å². The molecule has 0 N–H and O–H groups in total. The Kier molecular flexibility index (Phi) is 3.08. The van der Waals surface area contributed by atoms with E-state index in [0.29, 0.717) is 5.95 Å². The summed E-state index contributed by atoms with van der Waals surface area (Å²) in [5.41, 5.74) is 5.70. The van der Waals surface area contributed by atoms with Crippen molar-refractivity contribution in [2.75, 3.05) is 0 Å². The molecule has 0 saturated carbocycles. The smallest absolute Gasteiger partial charge is 0.235 e. The summed E-state index contributed by atoms with van der Waals surface area (Å²) in [5.74, 6) is 2.24. The first-order valence-electron chi connectivity index (χ1n) is 10.8. The molecule has 0 saturated heterocycles. The maximum atomic E-state index is 6.16. The van der Waals surface area contributed by atoms with E-state index in [0.717, 1.165) is 66.4 Å². The van der Waals surface area contributed by atoms with Crippen LogP contribution >= 0.6 is 0 Å². The summed E-state index contributed by atoms with van der Waals surface area (Å²) in [6.45, 7) is 0. The molecule has 0 amide bonds. The molecule has 3 aromatic heterocycles. The van der Waals surface area contributed by atoms with Gasteiger partial charge in [0.15, 0.2) is 0 Å². The average Bonchev–Trinajstić information content (AvgIpc) is 3.44. The second-order valence-corrected chi connectivity index (χ2v) is 8.30. The third-order valence-electron chi connectivity index (χ3n) is 6.48. The Morgan fingerprint density at radius 2 is 1.58 bits per heavy atom. The zero-order valence-corrected chi connectivity index (χ0v) is 17.3. The summed E-state index contributed by atoms with van der Waals surface area (Å²) in [4.78, 5) is 10.1. The average molecular weight is 425 g/mol. The number of ether oxygens (including phenoxy) is 1. The van der Waals surface area contributed by atoms with Gasteiger partial charge in [-0.1, -0.05) is 36.4 Å². The fraction of sp³-hybridized carbons (Fsp3) is 0. The Morgan fingerprint density at radius 1 is 0.697 bits per heavy atom. The van der Waals surface area contributed by atoms with Crippen LogP contribution in [0.15, 0.2) is 95.6 Å². The van der Waals surface area contributed by atoms with E-state index < -0.39 is 0 Å². The van der Waals surface area contributed by atoms with Gasteiger partial charge in [-0.3, -0.25) is 4.57 Å². The first kappa shape index (κ1) is 17.0. The summed E-state index contributed by atoms with van der Waals surface area (Å²) in [6, 6.07) is 28.6. The largest absolute Gasteiger partial charge is 0.464 e. The lowest BCUT2D eigenvalue weighted by atomic mass is 10.0. The SMILES string of the molecule is c1ccc2c(c1)Oc1cccc3nc(-n4c5ccccc5c5cc6occc6cc54)nc-2c13.